The maximum atomic E-state index is 11.7. The Balaban J connectivity index is 1.88. The molecular formula is C14H14N2O2. The highest BCUT2D eigenvalue weighted by Crippen LogP contribution is 2.12. The van der Waals surface area contributed by atoms with Crippen LogP contribution in [0.4, 0.5) is 11.4 Å². The summed E-state index contributed by atoms with van der Waals surface area (Å²) >= 11 is 0. The van der Waals surface area contributed by atoms with Crippen molar-refractivity contribution in [1.29, 1.82) is 0 Å². The molecule has 4 heteroatoms. The van der Waals surface area contributed by atoms with Crippen molar-refractivity contribution in [1.82, 2.24) is 0 Å². The zero-order valence-electron chi connectivity index (χ0n) is 9.80. The lowest BCUT2D eigenvalue weighted by Crippen LogP contribution is -2.13. The van der Waals surface area contributed by atoms with E-state index in [-0.39, 0.29) is 6.73 Å². The number of hydrogen-bond acceptors (Lipinski definition) is 4. The van der Waals surface area contributed by atoms with Crippen LogP contribution in [0.2, 0.25) is 0 Å². The van der Waals surface area contributed by atoms with Crippen molar-refractivity contribution in [3.8, 4) is 0 Å². The molecule has 0 aliphatic carbocycles. The van der Waals surface area contributed by atoms with Crippen LogP contribution < -0.4 is 11.1 Å². The summed E-state index contributed by atoms with van der Waals surface area (Å²) in [5.74, 6) is -0.434. The van der Waals surface area contributed by atoms with Crippen LogP contribution in [0, 0.1) is 0 Å². The average Bonchev–Trinajstić information content (AvgIpc) is 2.40. The molecule has 2 rings (SSSR count). The molecule has 0 fully saturated rings. The van der Waals surface area contributed by atoms with E-state index in [0.717, 1.165) is 5.69 Å². The Morgan fingerprint density at radius 3 is 2.44 bits per heavy atom. The van der Waals surface area contributed by atoms with Crippen LogP contribution in [-0.2, 0) is 4.74 Å². The van der Waals surface area contributed by atoms with E-state index in [1.807, 2.05) is 30.3 Å². The number of carbonyl (C=O) groups excluding carboxylic acids is 1. The normalized spacial score (nSPS) is 9.78. The number of nitrogen functional groups attached to an aromatic ring is 1. The highest BCUT2D eigenvalue weighted by molar-refractivity contribution is 5.95. The van der Waals surface area contributed by atoms with E-state index in [0.29, 0.717) is 11.3 Å². The number of ether oxygens (including phenoxy) is 1. The van der Waals surface area contributed by atoms with Crippen molar-refractivity contribution in [3.63, 3.8) is 0 Å². The molecule has 0 heterocycles. The number of rotatable bonds is 4. The van der Waals surface area contributed by atoms with E-state index in [4.69, 9.17) is 10.5 Å². The SMILES string of the molecule is Nc1ccccc1C(=O)OCNc1ccccc1. The van der Waals surface area contributed by atoms with Crippen LogP contribution in [0.15, 0.2) is 54.6 Å². The third-order valence-corrected chi connectivity index (χ3v) is 2.43. The standard InChI is InChI=1S/C14H14N2O2/c15-13-9-5-4-8-12(13)14(17)18-10-16-11-6-2-1-3-7-11/h1-9,16H,10,15H2. The predicted octanol–water partition coefficient (Wildman–Crippen LogP) is 2.50. The first kappa shape index (κ1) is 12.0. The van der Waals surface area contributed by atoms with E-state index < -0.39 is 5.97 Å². The second-order valence-corrected chi connectivity index (χ2v) is 3.71. The first-order valence-corrected chi connectivity index (χ1v) is 5.58. The van der Waals surface area contributed by atoms with E-state index in [9.17, 15) is 4.79 Å². The van der Waals surface area contributed by atoms with Crippen molar-refractivity contribution in [2.24, 2.45) is 0 Å². The third-order valence-electron chi connectivity index (χ3n) is 2.43. The molecule has 0 radical (unpaired) electrons. The van der Waals surface area contributed by atoms with Crippen LogP contribution in [0.1, 0.15) is 10.4 Å². The molecule has 0 saturated heterocycles. The second kappa shape index (κ2) is 5.72. The molecule has 0 saturated carbocycles. The van der Waals surface area contributed by atoms with Crippen molar-refractivity contribution in [2.75, 3.05) is 17.8 Å². The highest BCUT2D eigenvalue weighted by atomic mass is 16.5. The van der Waals surface area contributed by atoms with Gasteiger partial charge in [0.25, 0.3) is 0 Å². The van der Waals surface area contributed by atoms with Gasteiger partial charge in [0.15, 0.2) is 6.73 Å². The van der Waals surface area contributed by atoms with Crippen LogP contribution in [0.3, 0.4) is 0 Å². The Morgan fingerprint density at radius 1 is 1.06 bits per heavy atom. The molecule has 0 spiro atoms. The van der Waals surface area contributed by atoms with E-state index in [1.165, 1.54) is 0 Å². The van der Waals surface area contributed by atoms with Crippen molar-refractivity contribution in [2.45, 2.75) is 0 Å². The van der Waals surface area contributed by atoms with Crippen molar-refractivity contribution >= 4 is 17.3 Å². The first-order valence-electron chi connectivity index (χ1n) is 5.58. The Kier molecular flexibility index (Phi) is 3.81. The minimum atomic E-state index is -0.434. The lowest BCUT2D eigenvalue weighted by molar-refractivity contribution is 0.0535. The molecule has 4 nitrogen and oxygen atoms in total. The molecule has 0 bridgehead atoms. The minimum Gasteiger partial charge on any atom is -0.441 e. The number of benzene rings is 2. The van der Waals surface area contributed by atoms with Gasteiger partial charge >= 0.3 is 5.97 Å². The lowest BCUT2D eigenvalue weighted by Gasteiger charge is -2.08. The maximum Gasteiger partial charge on any atom is 0.341 e. The molecule has 0 aliphatic rings. The third kappa shape index (κ3) is 3.01. The summed E-state index contributed by atoms with van der Waals surface area (Å²) in [5, 5.41) is 2.98. The van der Waals surface area contributed by atoms with Gasteiger partial charge in [-0.15, -0.1) is 0 Å². The highest BCUT2D eigenvalue weighted by Gasteiger charge is 2.09. The molecule has 2 aromatic rings. The number of nitrogens with one attached hydrogen (secondary N) is 1. The molecule has 92 valence electrons. The summed E-state index contributed by atoms with van der Waals surface area (Å²) in [6, 6.07) is 16.3. The Hall–Kier alpha value is -2.49. The number of para-hydroxylation sites is 2. The van der Waals surface area contributed by atoms with E-state index in [2.05, 4.69) is 5.32 Å². The van der Waals surface area contributed by atoms with Gasteiger partial charge in [-0.3, -0.25) is 0 Å². The monoisotopic (exact) mass is 242 g/mol. The quantitative estimate of drug-likeness (QED) is 0.491. The fraction of sp³-hybridized carbons (Fsp3) is 0.0714. The largest absolute Gasteiger partial charge is 0.441 e. The Bertz CT molecular complexity index is 526. The van der Waals surface area contributed by atoms with Gasteiger partial charge in [-0.25, -0.2) is 4.79 Å². The number of anilines is 2. The fourth-order valence-electron chi connectivity index (χ4n) is 1.50. The van der Waals surface area contributed by atoms with Gasteiger partial charge in [-0.05, 0) is 24.3 Å². The van der Waals surface area contributed by atoms with Gasteiger partial charge in [-0.1, -0.05) is 30.3 Å². The van der Waals surface area contributed by atoms with E-state index in [1.54, 1.807) is 24.3 Å². The molecule has 2 aromatic carbocycles. The summed E-state index contributed by atoms with van der Waals surface area (Å²) in [6.45, 7) is 0.108. The first-order chi connectivity index (χ1) is 8.77. The number of esters is 1. The molecular weight excluding hydrogens is 228 g/mol. The van der Waals surface area contributed by atoms with Crippen LogP contribution >= 0.6 is 0 Å². The van der Waals surface area contributed by atoms with Gasteiger partial charge in [-0.2, -0.15) is 0 Å². The Labute approximate surface area is 105 Å². The summed E-state index contributed by atoms with van der Waals surface area (Å²) in [5.41, 5.74) is 7.38. The molecule has 0 unspecified atom stereocenters. The minimum absolute atomic E-state index is 0.108. The molecule has 3 N–H and O–H groups in total. The molecule has 0 aliphatic heterocycles. The van der Waals surface area contributed by atoms with Gasteiger partial charge in [0, 0.05) is 11.4 Å². The van der Waals surface area contributed by atoms with Gasteiger partial charge in [0.2, 0.25) is 0 Å². The van der Waals surface area contributed by atoms with E-state index >= 15 is 0 Å². The number of carbonyl (C=O) groups is 1. The van der Waals surface area contributed by atoms with Crippen LogP contribution in [-0.4, -0.2) is 12.7 Å². The summed E-state index contributed by atoms with van der Waals surface area (Å²) in [6.07, 6.45) is 0. The molecule has 0 amide bonds. The zero-order valence-corrected chi connectivity index (χ0v) is 9.80. The summed E-state index contributed by atoms with van der Waals surface area (Å²) in [4.78, 5) is 11.7. The molecule has 0 aromatic heterocycles. The summed E-state index contributed by atoms with van der Waals surface area (Å²) < 4.78 is 5.08. The van der Waals surface area contributed by atoms with Crippen molar-refractivity contribution in [3.05, 3.63) is 60.2 Å². The van der Waals surface area contributed by atoms with Crippen LogP contribution in [0.25, 0.3) is 0 Å². The predicted molar refractivity (Wildman–Crippen MR) is 71.2 cm³/mol. The number of hydrogen-bond donors (Lipinski definition) is 2. The topological polar surface area (TPSA) is 64.4 Å². The van der Waals surface area contributed by atoms with Gasteiger partial charge in [0.1, 0.15) is 0 Å². The smallest absolute Gasteiger partial charge is 0.341 e. The Morgan fingerprint density at radius 2 is 1.72 bits per heavy atom. The van der Waals surface area contributed by atoms with Gasteiger partial charge < -0.3 is 15.8 Å². The maximum absolute atomic E-state index is 11.7. The zero-order chi connectivity index (χ0) is 12.8. The molecule has 18 heavy (non-hydrogen) atoms. The lowest BCUT2D eigenvalue weighted by atomic mass is 10.2. The average molecular weight is 242 g/mol. The van der Waals surface area contributed by atoms with Gasteiger partial charge in [0.05, 0.1) is 5.56 Å². The second-order valence-electron chi connectivity index (χ2n) is 3.71. The van der Waals surface area contributed by atoms with Crippen molar-refractivity contribution < 1.29 is 9.53 Å². The summed E-state index contributed by atoms with van der Waals surface area (Å²) in [7, 11) is 0. The number of nitrogens with two attached hydrogens (primary N) is 1. The molecule has 0 atom stereocenters. The van der Waals surface area contributed by atoms with Crippen LogP contribution in [0.5, 0.6) is 0 Å². The fourth-order valence-corrected chi connectivity index (χ4v) is 1.50.